The normalized spacial score (nSPS) is 20.0. The maximum absolute atomic E-state index is 11.7. The zero-order valence-corrected chi connectivity index (χ0v) is 17.2. The molecule has 2 heterocycles. The molecule has 0 amide bonds. The Labute approximate surface area is 159 Å². The van der Waals surface area contributed by atoms with Gasteiger partial charge in [0.1, 0.15) is 0 Å². The van der Waals surface area contributed by atoms with E-state index in [-0.39, 0.29) is 27.8 Å². The van der Waals surface area contributed by atoms with Gasteiger partial charge in [-0.05, 0) is 48.8 Å². The summed E-state index contributed by atoms with van der Waals surface area (Å²) in [5, 5.41) is 4.47. The summed E-state index contributed by atoms with van der Waals surface area (Å²) in [7, 11) is -1.03. The third kappa shape index (κ3) is 4.24. The average molecular weight is 396 g/mol. The molecule has 8 heteroatoms. The first-order valence-corrected chi connectivity index (χ1v) is 10.9. The molecule has 0 N–H and O–H groups in total. The van der Waals surface area contributed by atoms with Crippen LogP contribution in [0.2, 0.25) is 0 Å². The number of hydrogen-bond donors (Lipinski definition) is 0. The molecule has 0 aliphatic carbocycles. The molecule has 2 aromatic rings. The van der Waals surface area contributed by atoms with Gasteiger partial charge in [0.05, 0.1) is 18.2 Å². The van der Waals surface area contributed by atoms with Crippen molar-refractivity contribution in [3.05, 3.63) is 34.7 Å². The molecule has 1 aliphatic heterocycles. The van der Waals surface area contributed by atoms with Gasteiger partial charge in [-0.1, -0.05) is 32.9 Å². The van der Waals surface area contributed by atoms with E-state index >= 15 is 0 Å². The van der Waals surface area contributed by atoms with Gasteiger partial charge in [-0.3, -0.25) is 4.90 Å². The third-order valence-corrected chi connectivity index (χ3v) is 6.84. The Bertz CT molecular complexity index is 937. The van der Waals surface area contributed by atoms with Crippen LogP contribution in [0.1, 0.15) is 32.8 Å². The van der Waals surface area contributed by atoms with Crippen molar-refractivity contribution in [2.75, 3.05) is 18.6 Å². The lowest BCUT2D eigenvalue weighted by molar-refractivity contribution is 0.194. The van der Waals surface area contributed by atoms with Crippen LogP contribution in [0.5, 0.6) is 0 Å². The molecule has 0 radical (unpaired) electrons. The fourth-order valence-electron chi connectivity index (χ4n) is 3.07. The number of aromatic nitrogens is 2. The number of benzene rings is 1. The van der Waals surface area contributed by atoms with Crippen LogP contribution in [0.25, 0.3) is 11.5 Å². The topological polar surface area (TPSA) is 68.3 Å². The lowest BCUT2D eigenvalue weighted by atomic mass is 9.87. The van der Waals surface area contributed by atoms with Crippen LogP contribution < -0.4 is 0 Å². The van der Waals surface area contributed by atoms with Crippen molar-refractivity contribution in [1.82, 2.24) is 14.7 Å². The first-order chi connectivity index (χ1) is 12.0. The molecule has 1 aliphatic rings. The van der Waals surface area contributed by atoms with Gasteiger partial charge in [-0.2, -0.15) is 0 Å². The number of nitrogens with zero attached hydrogens (tertiary/aromatic N) is 3. The Balaban J connectivity index is 1.76. The van der Waals surface area contributed by atoms with E-state index in [0.29, 0.717) is 19.0 Å². The number of sulfone groups is 1. The molecule has 1 fully saturated rings. The van der Waals surface area contributed by atoms with Gasteiger partial charge in [-0.25, -0.2) is 13.1 Å². The summed E-state index contributed by atoms with van der Waals surface area (Å²) < 4.78 is 30.6. The summed E-state index contributed by atoms with van der Waals surface area (Å²) in [5.41, 5.74) is 2.19. The second-order valence-corrected chi connectivity index (χ2v) is 10.5. The molecule has 1 atom stereocenters. The number of hydrogen-bond acceptors (Lipinski definition) is 6. The standard InChI is InChI=1S/C18H25N3O3S2/c1-18(2,3)14-7-5-13(6-8-14)16-19-21(17(25)24-16)12-20(4)15-9-10-26(22,23)11-15/h5-8,15H,9-12H2,1-4H3. The third-order valence-electron chi connectivity index (χ3n) is 4.79. The van der Waals surface area contributed by atoms with Crippen LogP contribution in [-0.2, 0) is 21.9 Å². The van der Waals surface area contributed by atoms with Gasteiger partial charge in [0.2, 0.25) is 5.89 Å². The molecule has 3 rings (SSSR count). The Morgan fingerprint density at radius 1 is 1.31 bits per heavy atom. The van der Waals surface area contributed by atoms with Crippen molar-refractivity contribution >= 4 is 22.1 Å². The van der Waals surface area contributed by atoms with Crippen molar-refractivity contribution in [3.8, 4) is 11.5 Å². The summed E-state index contributed by atoms with van der Waals surface area (Å²) >= 11 is 5.28. The van der Waals surface area contributed by atoms with E-state index in [2.05, 4.69) is 38.0 Å². The zero-order valence-electron chi connectivity index (χ0n) is 15.6. The van der Waals surface area contributed by atoms with Gasteiger partial charge >= 0.3 is 0 Å². The highest BCUT2D eigenvalue weighted by molar-refractivity contribution is 7.91. The molecule has 142 valence electrons. The largest absolute Gasteiger partial charge is 0.409 e. The summed E-state index contributed by atoms with van der Waals surface area (Å²) in [6.45, 7) is 6.91. The van der Waals surface area contributed by atoms with Crippen LogP contribution in [0.3, 0.4) is 0 Å². The first kappa shape index (κ1) is 19.3. The summed E-state index contributed by atoms with van der Waals surface area (Å²) in [6, 6.07) is 8.11. The maximum atomic E-state index is 11.7. The molecule has 0 saturated carbocycles. The fraction of sp³-hybridized carbons (Fsp3) is 0.556. The highest BCUT2D eigenvalue weighted by Gasteiger charge is 2.31. The molecular formula is C18H25N3O3S2. The molecule has 1 saturated heterocycles. The Hall–Kier alpha value is -1.51. The van der Waals surface area contributed by atoms with Gasteiger partial charge in [0.25, 0.3) is 4.84 Å². The fourth-order valence-corrected chi connectivity index (χ4v) is 5.06. The van der Waals surface area contributed by atoms with Crippen molar-refractivity contribution in [2.45, 2.75) is 45.3 Å². The van der Waals surface area contributed by atoms with Crippen LogP contribution in [0, 0.1) is 4.84 Å². The lowest BCUT2D eigenvalue weighted by Gasteiger charge is -2.22. The van der Waals surface area contributed by atoms with Crippen molar-refractivity contribution in [3.63, 3.8) is 0 Å². The van der Waals surface area contributed by atoms with Gasteiger partial charge in [0, 0.05) is 11.6 Å². The molecule has 6 nitrogen and oxygen atoms in total. The summed E-state index contributed by atoms with van der Waals surface area (Å²) in [5.74, 6) is 0.913. The van der Waals surface area contributed by atoms with Crippen molar-refractivity contribution in [2.24, 2.45) is 0 Å². The van der Waals surface area contributed by atoms with E-state index in [4.69, 9.17) is 16.6 Å². The highest BCUT2D eigenvalue weighted by atomic mass is 32.2. The monoisotopic (exact) mass is 395 g/mol. The van der Waals surface area contributed by atoms with Crippen LogP contribution >= 0.6 is 12.2 Å². The smallest absolute Gasteiger partial charge is 0.288 e. The van der Waals surface area contributed by atoms with Crippen LogP contribution in [-0.4, -0.2) is 47.7 Å². The Morgan fingerprint density at radius 3 is 2.50 bits per heavy atom. The Kier molecular flexibility index (Phi) is 5.11. The first-order valence-electron chi connectivity index (χ1n) is 8.65. The minimum Gasteiger partial charge on any atom is -0.409 e. The van der Waals surface area contributed by atoms with E-state index in [1.165, 1.54) is 5.56 Å². The second-order valence-electron chi connectivity index (χ2n) is 7.96. The minimum absolute atomic E-state index is 0.00637. The van der Waals surface area contributed by atoms with E-state index in [9.17, 15) is 8.42 Å². The van der Waals surface area contributed by atoms with E-state index in [0.717, 1.165) is 5.56 Å². The second kappa shape index (κ2) is 6.90. The van der Waals surface area contributed by atoms with Gasteiger partial charge < -0.3 is 4.42 Å². The van der Waals surface area contributed by atoms with Crippen molar-refractivity contribution < 1.29 is 12.8 Å². The lowest BCUT2D eigenvalue weighted by Crippen LogP contribution is -2.34. The molecule has 26 heavy (non-hydrogen) atoms. The molecule has 1 aromatic heterocycles. The zero-order chi connectivity index (χ0) is 19.1. The molecule has 1 unspecified atom stereocenters. The SMILES string of the molecule is CN(Cn1nc(-c2ccc(C(C)(C)C)cc2)oc1=S)C1CCS(=O)(=O)C1. The van der Waals surface area contributed by atoms with Crippen LogP contribution in [0.4, 0.5) is 0 Å². The van der Waals surface area contributed by atoms with Crippen molar-refractivity contribution in [1.29, 1.82) is 0 Å². The van der Waals surface area contributed by atoms with E-state index in [1.54, 1.807) is 4.68 Å². The molecule has 0 bridgehead atoms. The summed E-state index contributed by atoms with van der Waals surface area (Å²) in [6.07, 6.45) is 0.644. The van der Waals surface area contributed by atoms with Gasteiger partial charge in [0.15, 0.2) is 9.84 Å². The quantitative estimate of drug-likeness (QED) is 0.740. The van der Waals surface area contributed by atoms with E-state index < -0.39 is 9.84 Å². The predicted octanol–water partition coefficient (Wildman–Crippen LogP) is 3.25. The molecular weight excluding hydrogens is 370 g/mol. The maximum Gasteiger partial charge on any atom is 0.288 e. The van der Waals surface area contributed by atoms with Gasteiger partial charge in [-0.15, -0.1) is 5.10 Å². The molecule has 1 aromatic carbocycles. The number of rotatable bonds is 4. The predicted molar refractivity (Wildman–Crippen MR) is 104 cm³/mol. The molecule has 0 spiro atoms. The average Bonchev–Trinajstić information content (AvgIpc) is 3.09. The highest BCUT2D eigenvalue weighted by Crippen LogP contribution is 2.26. The van der Waals surface area contributed by atoms with Crippen LogP contribution in [0.15, 0.2) is 28.7 Å². The Morgan fingerprint density at radius 2 is 1.96 bits per heavy atom. The minimum atomic E-state index is -2.92. The summed E-state index contributed by atoms with van der Waals surface area (Å²) in [4.78, 5) is 2.25. The van der Waals surface area contributed by atoms with E-state index in [1.807, 2.05) is 24.1 Å².